The zero-order valence-electron chi connectivity index (χ0n) is 12.3. The van der Waals surface area contributed by atoms with Gasteiger partial charge in [0.15, 0.2) is 0 Å². The fraction of sp³-hybridized carbons (Fsp3) is 0.357. The van der Waals surface area contributed by atoms with Crippen molar-refractivity contribution in [3.05, 3.63) is 46.4 Å². The monoisotopic (exact) mass is 325 g/mol. The number of aromatic nitrogens is 1. The molecule has 2 N–H and O–H groups in total. The van der Waals surface area contributed by atoms with Crippen LogP contribution in [0, 0.1) is 0 Å². The molecule has 0 aliphatic heterocycles. The molecule has 1 aromatic carbocycles. The van der Waals surface area contributed by atoms with Crippen molar-refractivity contribution in [2.24, 2.45) is 0 Å². The van der Waals surface area contributed by atoms with Crippen LogP contribution in [0.5, 0.6) is 0 Å². The fourth-order valence-corrected chi connectivity index (χ4v) is 4.23. The molecule has 7 heteroatoms. The van der Waals surface area contributed by atoms with E-state index in [4.69, 9.17) is 0 Å². The molecule has 0 radical (unpaired) electrons. The van der Waals surface area contributed by atoms with Gasteiger partial charge in [-0.3, -0.25) is 0 Å². The first-order valence-corrected chi connectivity index (χ1v) is 8.89. The Morgan fingerprint density at radius 3 is 2.71 bits per heavy atom. The van der Waals surface area contributed by atoms with E-state index in [2.05, 4.69) is 15.0 Å². The zero-order chi connectivity index (χ0) is 15.5. The Bertz CT molecular complexity index is 695. The molecule has 0 amide bonds. The molecular formula is C14H19N3O2S2. The van der Waals surface area contributed by atoms with E-state index in [1.807, 2.05) is 18.5 Å². The van der Waals surface area contributed by atoms with E-state index in [-0.39, 0.29) is 4.90 Å². The molecule has 0 fully saturated rings. The van der Waals surface area contributed by atoms with Crippen LogP contribution in [0.15, 0.2) is 40.7 Å². The summed E-state index contributed by atoms with van der Waals surface area (Å²) in [4.78, 5) is 4.46. The summed E-state index contributed by atoms with van der Waals surface area (Å²) in [6, 6.07) is 6.91. The highest BCUT2D eigenvalue weighted by Crippen LogP contribution is 2.25. The molecule has 0 aliphatic carbocycles. The molecule has 0 spiro atoms. The molecule has 0 saturated carbocycles. The maximum atomic E-state index is 12.5. The minimum Gasteiger partial charge on any atom is -0.316 e. The van der Waals surface area contributed by atoms with Crippen molar-refractivity contribution in [1.29, 1.82) is 0 Å². The first-order valence-electron chi connectivity index (χ1n) is 6.53. The molecule has 114 valence electrons. The predicted molar refractivity (Wildman–Crippen MR) is 84.7 cm³/mol. The van der Waals surface area contributed by atoms with Crippen molar-refractivity contribution in [2.45, 2.75) is 30.8 Å². The largest absolute Gasteiger partial charge is 0.316 e. The van der Waals surface area contributed by atoms with Crippen LogP contribution in [-0.4, -0.2) is 20.4 Å². The summed E-state index contributed by atoms with van der Waals surface area (Å²) in [5, 5.41) is 5.58. The van der Waals surface area contributed by atoms with Crippen molar-refractivity contribution < 1.29 is 8.42 Å². The topological polar surface area (TPSA) is 71.1 Å². The summed E-state index contributed by atoms with van der Waals surface area (Å²) in [5.74, 6) is 0. The van der Waals surface area contributed by atoms with Crippen LogP contribution in [0.4, 0.5) is 0 Å². The Kier molecular flexibility index (Phi) is 4.77. The van der Waals surface area contributed by atoms with E-state index in [0.717, 1.165) is 10.6 Å². The molecule has 0 bridgehead atoms. The van der Waals surface area contributed by atoms with Gasteiger partial charge in [-0.25, -0.2) is 13.4 Å². The van der Waals surface area contributed by atoms with Gasteiger partial charge < -0.3 is 5.32 Å². The van der Waals surface area contributed by atoms with Crippen molar-refractivity contribution in [2.75, 3.05) is 7.05 Å². The second-order valence-electron chi connectivity index (χ2n) is 5.25. The van der Waals surface area contributed by atoms with Gasteiger partial charge in [0.05, 0.1) is 10.4 Å². The number of hydrogen-bond acceptors (Lipinski definition) is 5. The molecule has 5 nitrogen and oxygen atoms in total. The number of rotatable bonds is 6. The lowest BCUT2D eigenvalue weighted by Crippen LogP contribution is -2.40. The maximum absolute atomic E-state index is 12.5. The van der Waals surface area contributed by atoms with Gasteiger partial charge in [-0.2, -0.15) is 4.72 Å². The highest BCUT2D eigenvalue weighted by molar-refractivity contribution is 7.89. The maximum Gasteiger partial charge on any atom is 0.241 e. The lowest BCUT2D eigenvalue weighted by atomic mass is 10.1. The fourth-order valence-electron chi connectivity index (χ4n) is 2.00. The number of hydrogen-bond donors (Lipinski definition) is 2. The standard InChI is InChI=1S/C14H19N3O2S2/c1-14(2,13-16-7-8-20-13)17-21(18,19)12-6-4-5-11(9-12)10-15-3/h4-9,15,17H,10H2,1-3H3. The van der Waals surface area contributed by atoms with E-state index < -0.39 is 15.6 Å². The SMILES string of the molecule is CNCc1cccc(S(=O)(=O)NC(C)(C)c2nccs2)c1. The molecule has 0 saturated heterocycles. The van der Waals surface area contributed by atoms with E-state index >= 15 is 0 Å². The first kappa shape index (κ1) is 16.1. The van der Waals surface area contributed by atoms with Crippen LogP contribution in [0.3, 0.4) is 0 Å². The lowest BCUT2D eigenvalue weighted by Gasteiger charge is -2.23. The van der Waals surface area contributed by atoms with Gasteiger partial charge in [0.2, 0.25) is 10.0 Å². The highest BCUT2D eigenvalue weighted by atomic mass is 32.2. The van der Waals surface area contributed by atoms with E-state index in [1.165, 1.54) is 11.3 Å². The van der Waals surface area contributed by atoms with Crippen LogP contribution in [-0.2, 0) is 22.1 Å². The number of thiazole rings is 1. The first-order chi connectivity index (χ1) is 9.85. The molecule has 1 heterocycles. The summed E-state index contributed by atoms with van der Waals surface area (Å²) < 4.78 is 27.8. The van der Waals surface area contributed by atoms with Gasteiger partial charge in [-0.05, 0) is 38.6 Å². The third kappa shape index (κ3) is 3.88. The van der Waals surface area contributed by atoms with Crippen molar-refractivity contribution in [3.63, 3.8) is 0 Å². The summed E-state index contributed by atoms with van der Waals surface area (Å²) in [6.07, 6.45) is 1.67. The minimum absolute atomic E-state index is 0.264. The minimum atomic E-state index is -3.60. The average Bonchev–Trinajstić information content (AvgIpc) is 2.93. The van der Waals surface area contributed by atoms with Crippen LogP contribution < -0.4 is 10.0 Å². The molecule has 21 heavy (non-hydrogen) atoms. The smallest absolute Gasteiger partial charge is 0.241 e. The van der Waals surface area contributed by atoms with Gasteiger partial charge in [0, 0.05) is 18.1 Å². The predicted octanol–water partition coefficient (Wildman–Crippen LogP) is 2.08. The molecule has 2 aromatic rings. The van der Waals surface area contributed by atoms with Crippen molar-refractivity contribution >= 4 is 21.4 Å². The number of nitrogens with zero attached hydrogens (tertiary/aromatic N) is 1. The third-order valence-corrected chi connectivity index (χ3v) is 5.70. The molecule has 0 aliphatic rings. The van der Waals surface area contributed by atoms with Crippen molar-refractivity contribution in [3.8, 4) is 0 Å². The van der Waals surface area contributed by atoms with Crippen molar-refractivity contribution in [1.82, 2.24) is 15.0 Å². The molecule has 1 aromatic heterocycles. The zero-order valence-corrected chi connectivity index (χ0v) is 13.9. The van der Waals surface area contributed by atoms with Crippen LogP contribution in [0.25, 0.3) is 0 Å². The van der Waals surface area contributed by atoms with Gasteiger partial charge in [0.25, 0.3) is 0 Å². The molecule has 2 rings (SSSR count). The van der Waals surface area contributed by atoms with Gasteiger partial charge >= 0.3 is 0 Å². The number of sulfonamides is 1. The number of benzene rings is 1. The molecule has 0 unspecified atom stereocenters. The van der Waals surface area contributed by atoms with Crippen LogP contribution in [0.2, 0.25) is 0 Å². The average molecular weight is 325 g/mol. The van der Waals surface area contributed by atoms with Gasteiger partial charge in [-0.1, -0.05) is 12.1 Å². The van der Waals surface area contributed by atoms with Crippen LogP contribution in [0.1, 0.15) is 24.4 Å². The Labute approximate surface area is 129 Å². The quantitative estimate of drug-likeness (QED) is 0.853. The van der Waals surface area contributed by atoms with Crippen LogP contribution >= 0.6 is 11.3 Å². The Balaban J connectivity index is 2.28. The van der Waals surface area contributed by atoms with Gasteiger partial charge in [0.1, 0.15) is 5.01 Å². The van der Waals surface area contributed by atoms with E-state index in [0.29, 0.717) is 6.54 Å². The summed E-state index contributed by atoms with van der Waals surface area (Å²) in [7, 11) is -1.77. The summed E-state index contributed by atoms with van der Waals surface area (Å²) >= 11 is 1.43. The lowest BCUT2D eigenvalue weighted by molar-refractivity contribution is 0.470. The highest BCUT2D eigenvalue weighted by Gasteiger charge is 2.30. The van der Waals surface area contributed by atoms with E-state index in [1.54, 1.807) is 38.2 Å². The normalized spacial score (nSPS) is 12.5. The summed E-state index contributed by atoms with van der Waals surface area (Å²) in [5.41, 5.74) is 0.180. The second-order valence-corrected chi connectivity index (χ2v) is 7.82. The Morgan fingerprint density at radius 1 is 1.33 bits per heavy atom. The third-order valence-electron chi connectivity index (χ3n) is 2.95. The Hall–Kier alpha value is -1.28. The van der Waals surface area contributed by atoms with Gasteiger partial charge in [-0.15, -0.1) is 11.3 Å². The Morgan fingerprint density at radius 2 is 2.10 bits per heavy atom. The molecular weight excluding hydrogens is 306 g/mol. The number of nitrogens with one attached hydrogen (secondary N) is 2. The van der Waals surface area contributed by atoms with E-state index in [9.17, 15) is 8.42 Å². The second kappa shape index (κ2) is 6.23. The summed E-state index contributed by atoms with van der Waals surface area (Å²) in [6.45, 7) is 4.24. The molecule has 0 atom stereocenters.